The normalized spacial score (nSPS) is 12.0. The van der Waals surface area contributed by atoms with E-state index in [0.717, 1.165) is 16.3 Å². The molecule has 9 heteroatoms. The molecule has 0 atom stereocenters. The molecule has 18 heavy (non-hydrogen) atoms. The van der Waals surface area contributed by atoms with Gasteiger partial charge < -0.3 is 0 Å². The Hall–Kier alpha value is -0.700. The van der Waals surface area contributed by atoms with Crippen LogP contribution in [-0.4, -0.2) is 18.6 Å². The molecular weight excluding hydrogens is 314 g/mol. The van der Waals surface area contributed by atoms with Crippen molar-refractivity contribution in [1.29, 1.82) is 0 Å². The van der Waals surface area contributed by atoms with Gasteiger partial charge >= 0.3 is 0 Å². The van der Waals surface area contributed by atoms with Gasteiger partial charge in [0.25, 0.3) is 10.0 Å². The average molecular weight is 324 g/mol. The van der Waals surface area contributed by atoms with E-state index in [4.69, 9.17) is 11.6 Å². The number of hydrogen-bond acceptors (Lipinski definition) is 6. The van der Waals surface area contributed by atoms with E-state index in [1.165, 1.54) is 17.4 Å². The van der Waals surface area contributed by atoms with Crippen LogP contribution in [0.4, 0.5) is 5.13 Å². The first kappa shape index (κ1) is 13.7. The van der Waals surface area contributed by atoms with Gasteiger partial charge in [-0.05, 0) is 12.1 Å². The van der Waals surface area contributed by atoms with E-state index in [1.807, 2.05) is 13.8 Å². The Labute approximate surface area is 118 Å². The average Bonchev–Trinajstić information content (AvgIpc) is 2.86. The molecule has 0 amide bonds. The van der Waals surface area contributed by atoms with Gasteiger partial charge in [0, 0.05) is 5.92 Å². The van der Waals surface area contributed by atoms with Gasteiger partial charge in [0.1, 0.15) is 9.22 Å². The van der Waals surface area contributed by atoms with Crippen molar-refractivity contribution in [3.63, 3.8) is 0 Å². The molecule has 2 heterocycles. The second-order valence-corrected chi connectivity index (χ2v) is 8.40. The molecule has 0 aliphatic heterocycles. The van der Waals surface area contributed by atoms with Gasteiger partial charge in [0.15, 0.2) is 0 Å². The van der Waals surface area contributed by atoms with Gasteiger partial charge in [-0.3, -0.25) is 4.72 Å². The van der Waals surface area contributed by atoms with Crippen molar-refractivity contribution in [3.05, 3.63) is 21.5 Å². The molecule has 0 aliphatic rings. The van der Waals surface area contributed by atoms with Crippen LogP contribution in [0, 0.1) is 0 Å². The van der Waals surface area contributed by atoms with Crippen LogP contribution >= 0.6 is 34.3 Å². The maximum Gasteiger partial charge on any atom is 0.273 e. The predicted molar refractivity (Wildman–Crippen MR) is 74.1 cm³/mol. The number of aromatic nitrogens is 2. The smallest absolute Gasteiger partial charge is 0.253 e. The summed E-state index contributed by atoms with van der Waals surface area (Å²) in [6.07, 6.45) is 0. The molecule has 0 fully saturated rings. The third-order valence-corrected chi connectivity index (χ3v) is 6.30. The Morgan fingerprint density at radius 3 is 2.50 bits per heavy atom. The second kappa shape index (κ2) is 5.12. The van der Waals surface area contributed by atoms with Crippen molar-refractivity contribution < 1.29 is 8.42 Å². The van der Waals surface area contributed by atoms with E-state index in [0.29, 0.717) is 4.34 Å². The summed E-state index contributed by atoms with van der Waals surface area (Å²) >= 11 is 7.94. The standard InChI is InChI=1S/C9H10ClN3O2S3/c1-5(2)8-11-12-9(17-8)13-18(14,15)7-4-3-6(10)16-7/h3-5H,1-2H3,(H,12,13). The Kier molecular flexibility index (Phi) is 3.90. The molecule has 0 bridgehead atoms. The van der Waals surface area contributed by atoms with Gasteiger partial charge in [-0.2, -0.15) is 0 Å². The van der Waals surface area contributed by atoms with Crippen LogP contribution in [0.3, 0.4) is 0 Å². The fourth-order valence-electron chi connectivity index (χ4n) is 1.12. The lowest BCUT2D eigenvalue weighted by atomic mass is 10.2. The number of halogens is 1. The molecule has 0 aliphatic carbocycles. The Morgan fingerprint density at radius 1 is 1.28 bits per heavy atom. The molecule has 2 aromatic heterocycles. The van der Waals surface area contributed by atoms with Crippen LogP contribution < -0.4 is 4.72 Å². The second-order valence-electron chi connectivity index (χ2n) is 3.76. The first-order valence-corrected chi connectivity index (χ1v) is 8.49. The van der Waals surface area contributed by atoms with Crippen LogP contribution in [0.5, 0.6) is 0 Å². The van der Waals surface area contributed by atoms with E-state index in [2.05, 4.69) is 14.9 Å². The van der Waals surface area contributed by atoms with Gasteiger partial charge in [-0.15, -0.1) is 21.5 Å². The summed E-state index contributed by atoms with van der Waals surface area (Å²) in [5, 5.41) is 8.78. The summed E-state index contributed by atoms with van der Waals surface area (Å²) in [7, 11) is -3.61. The zero-order valence-electron chi connectivity index (χ0n) is 9.55. The minimum absolute atomic E-state index is 0.161. The minimum atomic E-state index is -3.61. The summed E-state index contributed by atoms with van der Waals surface area (Å²) in [6.45, 7) is 3.94. The summed E-state index contributed by atoms with van der Waals surface area (Å²) < 4.78 is 26.9. The van der Waals surface area contributed by atoms with Crippen LogP contribution in [-0.2, 0) is 10.0 Å². The minimum Gasteiger partial charge on any atom is -0.253 e. The number of nitrogens with zero attached hydrogens (tertiary/aromatic N) is 2. The van der Waals surface area contributed by atoms with Gasteiger partial charge in [0.05, 0.1) is 4.34 Å². The third-order valence-electron chi connectivity index (χ3n) is 1.97. The van der Waals surface area contributed by atoms with E-state index >= 15 is 0 Å². The zero-order chi connectivity index (χ0) is 13.3. The summed E-state index contributed by atoms with van der Waals surface area (Å²) in [5.41, 5.74) is 0. The molecule has 0 spiro atoms. The highest BCUT2D eigenvalue weighted by Gasteiger charge is 2.19. The van der Waals surface area contributed by atoms with Gasteiger partial charge in [-0.25, -0.2) is 8.42 Å². The quantitative estimate of drug-likeness (QED) is 0.938. The maximum atomic E-state index is 12.0. The Bertz CT molecular complexity index is 648. The number of rotatable bonds is 4. The van der Waals surface area contributed by atoms with E-state index in [9.17, 15) is 8.42 Å². The molecule has 5 nitrogen and oxygen atoms in total. The first-order chi connectivity index (χ1) is 8.38. The van der Waals surface area contributed by atoms with Crippen LogP contribution in [0.25, 0.3) is 0 Å². The molecule has 0 unspecified atom stereocenters. The number of sulfonamides is 1. The van der Waals surface area contributed by atoms with Crippen LogP contribution in [0.15, 0.2) is 16.3 Å². The van der Waals surface area contributed by atoms with Crippen LogP contribution in [0.1, 0.15) is 24.8 Å². The van der Waals surface area contributed by atoms with Gasteiger partial charge in [-0.1, -0.05) is 36.8 Å². The highest BCUT2D eigenvalue weighted by atomic mass is 35.5. The molecule has 0 saturated carbocycles. The first-order valence-electron chi connectivity index (χ1n) is 5.00. The van der Waals surface area contributed by atoms with Crippen molar-refractivity contribution in [2.45, 2.75) is 24.0 Å². The van der Waals surface area contributed by atoms with E-state index in [1.54, 1.807) is 6.07 Å². The molecule has 1 N–H and O–H groups in total. The molecule has 0 radical (unpaired) electrons. The number of anilines is 1. The fourth-order valence-corrected chi connectivity index (χ4v) is 4.58. The molecule has 2 aromatic rings. The number of thiophene rings is 1. The Balaban J connectivity index is 2.22. The van der Waals surface area contributed by atoms with Crippen molar-refractivity contribution in [2.75, 3.05) is 4.72 Å². The Morgan fingerprint density at radius 2 is 2.00 bits per heavy atom. The van der Waals surface area contributed by atoms with Crippen molar-refractivity contribution in [1.82, 2.24) is 10.2 Å². The SMILES string of the molecule is CC(C)c1nnc(NS(=O)(=O)c2ccc(Cl)s2)s1. The van der Waals surface area contributed by atoms with Crippen LogP contribution in [0.2, 0.25) is 4.34 Å². The highest BCUT2D eigenvalue weighted by molar-refractivity contribution is 7.94. The lowest BCUT2D eigenvalue weighted by Crippen LogP contribution is -2.11. The largest absolute Gasteiger partial charge is 0.273 e. The van der Waals surface area contributed by atoms with Crippen molar-refractivity contribution in [2.24, 2.45) is 0 Å². The van der Waals surface area contributed by atoms with Crippen molar-refractivity contribution >= 4 is 49.4 Å². The predicted octanol–water partition coefficient (Wildman–Crippen LogP) is 3.18. The summed E-state index contributed by atoms with van der Waals surface area (Å²) in [4.78, 5) is 0. The van der Waals surface area contributed by atoms with Gasteiger partial charge in [0.2, 0.25) is 5.13 Å². The number of nitrogens with one attached hydrogen (secondary N) is 1. The molecule has 98 valence electrons. The maximum absolute atomic E-state index is 12.0. The molecule has 0 saturated heterocycles. The van der Waals surface area contributed by atoms with E-state index < -0.39 is 10.0 Å². The summed E-state index contributed by atoms with van der Waals surface area (Å²) in [5.74, 6) is 0.219. The molecular formula is C9H10ClN3O2S3. The topological polar surface area (TPSA) is 72.0 Å². The van der Waals surface area contributed by atoms with Crippen molar-refractivity contribution in [3.8, 4) is 0 Å². The lowest BCUT2D eigenvalue weighted by molar-refractivity contribution is 0.603. The fraction of sp³-hybridized carbons (Fsp3) is 0.333. The number of hydrogen-bond donors (Lipinski definition) is 1. The zero-order valence-corrected chi connectivity index (χ0v) is 12.8. The lowest BCUT2D eigenvalue weighted by Gasteiger charge is -2.00. The third kappa shape index (κ3) is 3.00. The highest BCUT2D eigenvalue weighted by Crippen LogP contribution is 2.29. The molecule has 0 aromatic carbocycles. The molecule has 2 rings (SSSR count). The summed E-state index contributed by atoms with van der Waals surface area (Å²) in [6, 6.07) is 3.00. The monoisotopic (exact) mass is 323 g/mol. The van der Waals surface area contributed by atoms with E-state index in [-0.39, 0.29) is 15.3 Å².